The third-order valence-electron chi connectivity index (χ3n) is 6.94. The maximum atomic E-state index is 13.0. The molecule has 2 heterocycles. The van der Waals surface area contributed by atoms with Crippen molar-refractivity contribution < 1.29 is 14.3 Å². The molecule has 0 unspecified atom stereocenters. The van der Waals surface area contributed by atoms with Crippen molar-refractivity contribution in [1.82, 2.24) is 20.0 Å². The SMILES string of the molecule is CCOc1ccc(CN2CCNC(=O)[C@H]2CC(=O)N2CCN(C3CCCC3)CC2)cc1. The fraction of sp³-hybridized carbons (Fsp3) is 0.667. The predicted octanol–water partition coefficient (Wildman–Crippen LogP) is 1.86. The Kier molecular flexibility index (Phi) is 7.45. The van der Waals surface area contributed by atoms with Crippen molar-refractivity contribution in [2.75, 3.05) is 45.9 Å². The third kappa shape index (κ3) is 5.57. The second-order valence-corrected chi connectivity index (χ2v) is 8.91. The van der Waals surface area contributed by atoms with Crippen LogP contribution in [0.4, 0.5) is 0 Å². The lowest BCUT2D eigenvalue weighted by Gasteiger charge is -2.40. The largest absolute Gasteiger partial charge is 0.494 e. The summed E-state index contributed by atoms with van der Waals surface area (Å²) in [5.41, 5.74) is 1.13. The maximum Gasteiger partial charge on any atom is 0.237 e. The highest BCUT2D eigenvalue weighted by Gasteiger charge is 2.34. The van der Waals surface area contributed by atoms with Gasteiger partial charge in [-0.25, -0.2) is 0 Å². The van der Waals surface area contributed by atoms with E-state index in [4.69, 9.17) is 4.74 Å². The molecular weight excluding hydrogens is 392 g/mol. The molecule has 7 heteroatoms. The van der Waals surface area contributed by atoms with Crippen LogP contribution in [0, 0.1) is 0 Å². The van der Waals surface area contributed by atoms with Crippen LogP contribution < -0.4 is 10.1 Å². The highest BCUT2D eigenvalue weighted by Crippen LogP contribution is 2.25. The molecule has 7 nitrogen and oxygen atoms in total. The number of hydrogen-bond acceptors (Lipinski definition) is 5. The molecule has 1 atom stereocenters. The van der Waals surface area contributed by atoms with E-state index >= 15 is 0 Å². The van der Waals surface area contributed by atoms with E-state index in [9.17, 15) is 9.59 Å². The van der Waals surface area contributed by atoms with Crippen LogP contribution in [0.3, 0.4) is 0 Å². The lowest BCUT2D eigenvalue weighted by atomic mass is 10.1. The van der Waals surface area contributed by atoms with E-state index in [2.05, 4.69) is 15.1 Å². The Morgan fingerprint density at radius 1 is 1.06 bits per heavy atom. The minimum Gasteiger partial charge on any atom is -0.494 e. The molecule has 3 aliphatic rings. The van der Waals surface area contributed by atoms with Gasteiger partial charge in [-0.3, -0.25) is 19.4 Å². The first-order chi connectivity index (χ1) is 15.1. The Balaban J connectivity index is 1.32. The van der Waals surface area contributed by atoms with Gasteiger partial charge in [0.15, 0.2) is 0 Å². The van der Waals surface area contributed by atoms with Gasteiger partial charge < -0.3 is 15.0 Å². The predicted molar refractivity (Wildman–Crippen MR) is 120 cm³/mol. The average molecular weight is 429 g/mol. The molecule has 2 aliphatic heterocycles. The average Bonchev–Trinajstić information content (AvgIpc) is 3.33. The van der Waals surface area contributed by atoms with Crippen LogP contribution in [0.1, 0.15) is 44.6 Å². The molecular formula is C24H36N4O3. The van der Waals surface area contributed by atoms with E-state index in [-0.39, 0.29) is 18.2 Å². The van der Waals surface area contributed by atoms with Gasteiger partial charge in [0, 0.05) is 51.9 Å². The zero-order valence-corrected chi connectivity index (χ0v) is 18.7. The van der Waals surface area contributed by atoms with Crippen LogP contribution in [-0.2, 0) is 16.1 Å². The van der Waals surface area contributed by atoms with Crippen molar-refractivity contribution in [3.8, 4) is 5.75 Å². The van der Waals surface area contributed by atoms with Gasteiger partial charge in [0.2, 0.25) is 11.8 Å². The zero-order chi connectivity index (χ0) is 21.6. The summed E-state index contributed by atoms with van der Waals surface area (Å²) in [5, 5.41) is 2.95. The number of benzene rings is 1. The summed E-state index contributed by atoms with van der Waals surface area (Å²) in [4.78, 5) is 32.3. The Hall–Kier alpha value is -2.12. The van der Waals surface area contributed by atoms with E-state index < -0.39 is 6.04 Å². The van der Waals surface area contributed by atoms with Gasteiger partial charge in [-0.15, -0.1) is 0 Å². The van der Waals surface area contributed by atoms with Crippen LogP contribution in [0.5, 0.6) is 5.75 Å². The normalized spacial score (nSPS) is 23.7. The molecule has 4 rings (SSSR count). The highest BCUT2D eigenvalue weighted by atomic mass is 16.5. The Bertz CT molecular complexity index is 740. The topological polar surface area (TPSA) is 65.1 Å². The van der Waals surface area contributed by atoms with Crippen molar-refractivity contribution in [2.45, 2.75) is 57.7 Å². The van der Waals surface area contributed by atoms with Gasteiger partial charge in [-0.05, 0) is 37.5 Å². The number of piperazine rings is 2. The minimum atomic E-state index is -0.402. The lowest BCUT2D eigenvalue weighted by molar-refractivity contribution is -0.140. The molecule has 1 saturated carbocycles. The van der Waals surface area contributed by atoms with E-state index in [0.717, 1.165) is 44.0 Å². The molecule has 0 aromatic heterocycles. The second-order valence-electron chi connectivity index (χ2n) is 8.91. The van der Waals surface area contributed by atoms with Gasteiger partial charge in [-0.2, -0.15) is 0 Å². The molecule has 0 bridgehead atoms. The number of nitrogens with zero attached hydrogens (tertiary/aromatic N) is 3. The first-order valence-corrected chi connectivity index (χ1v) is 11.9. The number of amides is 2. The van der Waals surface area contributed by atoms with Gasteiger partial charge in [0.1, 0.15) is 5.75 Å². The Morgan fingerprint density at radius 2 is 1.77 bits per heavy atom. The maximum absolute atomic E-state index is 13.0. The number of carbonyl (C=O) groups is 2. The molecule has 1 aromatic carbocycles. The summed E-state index contributed by atoms with van der Waals surface area (Å²) in [6, 6.07) is 8.32. The van der Waals surface area contributed by atoms with Crippen LogP contribution >= 0.6 is 0 Å². The van der Waals surface area contributed by atoms with Crippen molar-refractivity contribution in [3.05, 3.63) is 29.8 Å². The first-order valence-electron chi connectivity index (χ1n) is 11.9. The zero-order valence-electron chi connectivity index (χ0n) is 18.7. The van der Waals surface area contributed by atoms with Crippen molar-refractivity contribution in [3.63, 3.8) is 0 Å². The van der Waals surface area contributed by atoms with Crippen molar-refractivity contribution >= 4 is 11.8 Å². The molecule has 0 radical (unpaired) electrons. The molecule has 2 amide bonds. The summed E-state index contributed by atoms with van der Waals surface area (Å²) in [6.45, 7) is 8.14. The van der Waals surface area contributed by atoms with Crippen LogP contribution in [-0.4, -0.2) is 84.5 Å². The molecule has 3 fully saturated rings. The van der Waals surface area contributed by atoms with Gasteiger partial charge in [0.05, 0.1) is 19.1 Å². The van der Waals surface area contributed by atoms with Gasteiger partial charge >= 0.3 is 0 Å². The third-order valence-corrected chi connectivity index (χ3v) is 6.94. The second kappa shape index (κ2) is 10.5. The number of ether oxygens (including phenoxy) is 1. The Morgan fingerprint density at radius 3 is 2.45 bits per heavy atom. The fourth-order valence-corrected chi connectivity index (χ4v) is 5.17. The van der Waals surface area contributed by atoms with E-state index in [0.29, 0.717) is 25.7 Å². The number of rotatable bonds is 7. The van der Waals surface area contributed by atoms with Crippen molar-refractivity contribution in [2.24, 2.45) is 0 Å². The molecule has 1 aromatic rings. The summed E-state index contributed by atoms with van der Waals surface area (Å²) in [6.07, 6.45) is 5.54. The molecule has 1 N–H and O–H groups in total. The number of hydrogen-bond donors (Lipinski definition) is 1. The van der Waals surface area contributed by atoms with Crippen LogP contribution in [0.2, 0.25) is 0 Å². The van der Waals surface area contributed by atoms with Gasteiger partial charge in [-0.1, -0.05) is 25.0 Å². The van der Waals surface area contributed by atoms with Crippen LogP contribution in [0.25, 0.3) is 0 Å². The summed E-state index contributed by atoms with van der Waals surface area (Å²) >= 11 is 0. The quantitative estimate of drug-likeness (QED) is 0.718. The van der Waals surface area contributed by atoms with E-state index in [1.54, 1.807) is 0 Å². The van der Waals surface area contributed by atoms with E-state index in [1.165, 1.54) is 25.7 Å². The molecule has 2 saturated heterocycles. The number of carbonyl (C=O) groups excluding carboxylic acids is 2. The standard InChI is InChI=1S/C24H36N4O3/c1-2-31-21-9-7-19(8-10-21)18-28-12-11-25-24(30)22(28)17-23(29)27-15-13-26(14-16-27)20-5-3-4-6-20/h7-10,20,22H,2-6,11-18H2,1H3,(H,25,30)/t22-/m1/s1. The summed E-state index contributed by atoms with van der Waals surface area (Å²) < 4.78 is 5.52. The van der Waals surface area contributed by atoms with Gasteiger partial charge in [0.25, 0.3) is 0 Å². The minimum absolute atomic E-state index is 0.0323. The summed E-state index contributed by atoms with van der Waals surface area (Å²) in [7, 11) is 0. The molecule has 170 valence electrons. The van der Waals surface area contributed by atoms with Crippen molar-refractivity contribution in [1.29, 1.82) is 0 Å². The number of nitrogens with one attached hydrogen (secondary N) is 1. The highest BCUT2D eigenvalue weighted by molar-refractivity contribution is 5.88. The fourth-order valence-electron chi connectivity index (χ4n) is 5.17. The van der Waals surface area contributed by atoms with E-state index in [1.807, 2.05) is 36.1 Å². The first kappa shape index (κ1) is 22.1. The van der Waals surface area contributed by atoms with Crippen LogP contribution in [0.15, 0.2) is 24.3 Å². The summed E-state index contributed by atoms with van der Waals surface area (Å²) in [5.74, 6) is 0.922. The lowest BCUT2D eigenvalue weighted by Crippen LogP contribution is -2.57. The monoisotopic (exact) mass is 428 g/mol. The molecule has 31 heavy (non-hydrogen) atoms. The Labute approximate surface area is 185 Å². The smallest absolute Gasteiger partial charge is 0.237 e. The molecule has 0 spiro atoms. The molecule has 1 aliphatic carbocycles.